The smallest absolute Gasteiger partial charge is 0.407 e. The Bertz CT molecular complexity index is 1290. The fourth-order valence-corrected chi connectivity index (χ4v) is 3.43. The first-order valence-corrected chi connectivity index (χ1v) is 13.5. The van der Waals surface area contributed by atoms with Crippen LogP contribution < -0.4 is 16.0 Å². The molecule has 0 atom stereocenters. The lowest BCUT2D eigenvalue weighted by molar-refractivity contribution is 0.0527. The number of pyridine rings is 1. The molecule has 3 rings (SSSR count). The molecule has 0 aliphatic carbocycles. The number of ether oxygens (including phenoxy) is 1. The number of carbonyl (C=O) groups excluding carboxylic acids is 1. The van der Waals surface area contributed by atoms with Crippen molar-refractivity contribution in [3.05, 3.63) is 60.4 Å². The third-order valence-electron chi connectivity index (χ3n) is 4.67. The molecule has 198 valence electrons. The Balaban J connectivity index is 1.51. The van der Waals surface area contributed by atoms with Crippen LogP contribution in [0.2, 0.25) is 0 Å². The molecule has 0 bridgehead atoms. The number of hydrogen-bond donors (Lipinski definition) is 3. The first-order chi connectivity index (χ1) is 17.5. The number of rotatable bonds is 11. The summed E-state index contributed by atoms with van der Waals surface area (Å²) in [5.74, 6) is 1.10. The van der Waals surface area contributed by atoms with Crippen molar-refractivity contribution in [3.63, 3.8) is 0 Å². The van der Waals surface area contributed by atoms with Crippen molar-refractivity contribution in [2.75, 3.05) is 30.0 Å². The highest BCUT2D eigenvalue weighted by Gasteiger charge is 2.15. The predicted molar refractivity (Wildman–Crippen MR) is 142 cm³/mol. The van der Waals surface area contributed by atoms with E-state index in [4.69, 9.17) is 8.92 Å². The Labute approximate surface area is 217 Å². The minimum atomic E-state index is -3.53. The van der Waals surface area contributed by atoms with E-state index in [1.54, 1.807) is 36.7 Å². The molecule has 3 aromatic rings. The number of anilines is 3. The summed E-state index contributed by atoms with van der Waals surface area (Å²) in [6.45, 7) is 6.54. The maximum absolute atomic E-state index is 11.7. The Morgan fingerprint density at radius 1 is 1.05 bits per heavy atom. The van der Waals surface area contributed by atoms with E-state index in [1.807, 2.05) is 39.0 Å². The zero-order chi connectivity index (χ0) is 26.9. The van der Waals surface area contributed by atoms with Gasteiger partial charge in [0.15, 0.2) is 0 Å². The van der Waals surface area contributed by atoms with Crippen LogP contribution in [0.1, 0.15) is 32.8 Å². The summed E-state index contributed by atoms with van der Waals surface area (Å²) in [4.78, 5) is 24.9. The van der Waals surface area contributed by atoms with E-state index in [1.165, 1.54) is 0 Å². The van der Waals surface area contributed by atoms with Crippen molar-refractivity contribution in [2.45, 2.75) is 39.4 Å². The Hall–Kier alpha value is -3.77. The number of aromatic nitrogens is 3. The lowest BCUT2D eigenvalue weighted by Crippen LogP contribution is -2.33. The predicted octanol–water partition coefficient (Wildman–Crippen LogP) is 4.09. The monoisotopic (exact) mass is 528 g/mol. The van der Waals surface area contributed by atoms with Crippen LogP contribution in [0.3, 0.4) is 0 Å². The molecule has 0 radical (unpaired) electrons. The first-order valence-electron chi connectivity index (χ1n) is 11.7. The molecule has 0 aliphatic heterocycles. The molecular formula is C25H32N6O5S. The second-order valence-corrected chi connectivity index (χ2v) is 10.8. The van der Waals surface area contributed by atoms with Gasteiger partial charge in [-0.25, -0.2) is 19.7 Å². The molecule has 0 fully saturated rings. The van der Waals surface area contributed by atoms with E-state index in [0.717, 1.165) is 11.8 Å². The summed E-state index contributed by atoms with van der Waals surface area (Å²) < 4.78 is 32.5. The van der Waals surface area contributed by atoms with E-state index in [-0.39, 0.29) is 6.61 Å². The summed E-state index contributed by atoms with van der Waals surface area (Å²) in [6.07, 6.45) is 4.66. The molecule has 1 aromatic carbocycles. The number of benzene rings is 1. The Kier molecular flexibility index (Phi) is 9.36. The Morgan fingerprint density at radius 3 is 2.57 bits per heavy atom. The maximum atomic E-state index is 11.7. The molecule has 2 aromatic heterocycles. The van der Waals surface area contributed by atoms with Gasteiger partial charge in [0, 0.05) is 36.7 Å². The van der Waals surface area contributed by atoms with Crippen LogP contribution >= 0.6 is 0 Å². The highest BCUT2D eigenvalue weighted by Crippen LogP contribution is 2.21. The molecule has 12 heteroatoms. The van der Waals surface area contributed by atoms with E-state index < -0.39 is 21.8 Å². The van der Waals surface area contributed by atoms with Gasteiger partial charge in [0.1, 0.15) is 11.4 Å². The van der Waals surface area contributed by atoms with E-state index in [0.29, 0.717) is 48.2 Å². The van der Waals surface area contributed by atoms with E-state index >= 15 is 0 Å². The van der Waals surface area contributed by atoms with Crippen molar-refractivity contribution < 1.29 is 22.1 Å². The number of nitrogens with one attached hydrogen (secondary N) is 3. The van der Waals surface area contributed by atoms with Gasteiger partial charge in [-0.2, -0.15) is 8.42 Å². The summed E-state index contributed by atoms with van der Waals surface area (Å²) in [7, 11) is -3.53. The Morgan fingerprint density at radius 2 is 1.86 bits per heavy atom. The number of alkyl carbamates (subject to hydrolysis) is 1. The topological polar surface area (TPSA) is 144 Å². The van der Waals surface area contributed by atoms with Crippen molar-refractivity contribution in [3.8, 4) is 11.3 Å². The maximum Gasteiger partial charge on any atom is 0.407 e. The number of carbonyl (C=O) groups is 1. The lowest BCUT2D eigenvalue weighted by Gasteiger charge is -2.19. The molecule has 0 saturated carbocycles. The average molecular weight is 529 g/mol. The summed E-state index contributed by atoms with van der Waals surface area (Å²) >= 11 is 0. The fraction of sp³-hybridized carbons (Fsp3) is 0.360. The quantitative estimate of drug-likeness (QED) is 0.246. The van der Waals surface area contributed by atoms with E-state index in [9.17, 15) is 13.2 Å². The molecule has 0 unspecified atom stereocenters. The third kappa shape index (κ3) is 10.4. The third-order valence-corrected chi connectivity index (χ3v) is 5.21. The van der Waals surface area contributed by atoms with Gasteiger partial charge in [-0.15, -0.1) is 0 Å². The minimum absolute atomic E-state index is 0.0540. The molecule has 11 nitrogen and oxygen atoms in total. The SMILES string of the molecule is CC(C)(C)OC(=O)NCCCNc1ccc(-c2ccnc(Nc3cccc(COS(C)(=O)=O)c3)n2)cn1. The molecule has 37 heavy (non-hydrogen) atoms. The molecule has 0 saturated heterocycles. The van der Waals surface area contributed by atoms with Crippen LogP contribution in [0.5, 0.6) is 0 Å². The van der Waals surface area contributed by atoms with Crippen molar-refractivity contribution in [1.29, 1.82) is 0 Å². The minimum Gasteiger partial charge on any atom is -0.444 e. The van der Waals surface area contributed by atoms with Gasteiger partial charge >= 0.3 is 6.09 Å². The summed E-state index contributed by atoms with van der Waals surface area (Å²) in [6, 6.07) is 12.7. The standard InChI is InChI=1S/C25H32N6O5S/c1-25(2,3)36-24(32)28-13-6-12-26-22-10-9-19(16-29-22)21-11-14-27-23(31-21)30-20-8-5-7-18(15-20)17-35-37(4,33)34/h5,7-11,14-16H,6,12-13,17H2,1-4H3,(H,26,29)(H,28,32)(H,27,30,31). The average Bonchev–Trinajstić information content (AvgIpc) is 2.82. The van der Waals surface area contributed by atoms with Crippen molar-refractivity contribution in [2.24, 2.45) is 0 Å². The lowest BCUT2D eigenvalue weighted by atomic mass is 10.2. The highest BCUT2D eigenvalue weighted by atomic mass is 32.2. The zero-order valence-corrected chi connectivity index (χ0v) is 22.1. The molecular weight excluding hydrogens is 496 g/mol. The van der Waals surface area contributed by atoms with Crippen LogP contribution in [0.25, 0.3) is 11.3 Å². The van der Waals surface area contributed by atoms with Gasteiger partial charge in [-0.05, 0) is 63.1 Å². The van der Waals surface area contributed by atoms with Gasteiger partial charge in [0.2, 0.25) is 5.95 Å². The molecule has 0 spiro atoms. The second kappa shape index (κ2) is 12.5. The first kappa shape index (κ1) is 27.8. The number of amides is 1. The van der Waals surface area contributed by atoms with Gasteiger partial charge in [0.25, 0.3) is 10.1 Å². The van der Waals surface area contributed by atoms with Crippen molar-refractivity contribution >= 4 is 33.7 Å². The molecule has 2 heterocycles. The van der Waals surface area contributed by atoms with Crippen LogP contribution in [0.15, 0.2) is 54.9 Å². The van der Waals surface area contributed by atoms with Gasteiger partial charge in [-0.3, -0.25) is 4.18 Å². The van der Waals surface area contributed by atoms with Crippen molar-refractivity contribution in [1.82, 2.24) is 20.3 Å². The largest absolute Gasteiger partial charge is 0.444 e. The van der Waals surface area contributed by atoms with E-state index in [2.05, 4.69) is 30.9 Å². The highest BCUT2D eigenvalue weighted by molar-refractivity contribution is 7.85. The van der Waals surface area contributed by atoms with Crippen LogP contribution in [0, 0.1) is 0 Å². The number of hydrogen-bond acceptors (Lipinski definition) is 10. The van der Waals surface area contributed by atoms with Crippen LogP contribution in [-0.2, 0) is 25.6 Å². The summed E-state index contributed by atoms with van der Waals surface area (Å²) in [5, 5.41) is 9.06. The molecule has 3 N–H and O–H groups in total. The normalized spacial score (nSPS) is 11.6. The molecule has 1 amide bonds. The second-order valence-electron chi connectivity index (χ2n) is 9.20. The van der Waals surface area contributed by atoms with Crippen LogP contribution in [0.4, 0.5) is 22.2 Å². The van der Waals surface area contributed by atoms with Gasteiger partial charge in [-0.1, -0.05) is 12.1 Å². The van der Waals surface area contributed by atoms with Crippen LogP contribution in [-0.4, -0.2) is 54.4 Å². The fourth-order valence-electron chi connectivity index (χ4n) is 3.08. The molecule has 0 aliphatic rings. The zero-order valence-electron chi connectivity index (χ0n) is 21.3. The summed E-state index contributed by atoms with van der Waals surface area (Å²) in [5.41, 5.74) is 2.38. The van der Waals surface area contributed by atoms with Gasteiger partial charge in [0.05, 0.1) is 18.6 Å². The number of nitrogens with zero attached hydrogens (tertiary/aromatic N) is 3. The van der Waals surface area contributed by atoms with Gasteiger partial charge < -0.3 is 20.7 Å².